The second-order valence-electron chi connectivity index (χ2n) is 3.27. The highest BCUT2D eigenvalue weighted by molar-refractivity contribution is 5.78. The number of rotatable bonds is 4. The topological polar surface area (TPSA) is 60.9 Å². The zero-order valence-electron chi connectivity index (χ0n) is 8.03. The molecule has 0 spiro atoms. The summed E-state index contributed by atoms with van der Waals surface area (Å²) in [6.07, 6.45) is 4.37. The molecule has 1 aromatic heterocycles. The van der Waals surface area contributed by atoms with Gasteiger partial charge in [0, 0.05) is 25.7 Å². The lowest BCUT2D eigenvalue weighted by atomic mass is 9.98. The Morgan fingerprint density at radius 2 is 2.46 bits per heavy atom. The zero-order valence-corrected chi connectivity index (χ0v) is 8.03. The van der Waals surface area contributed by atoms with Crippen molar-refractivity contribution in [3.8, 4) is 0 Å². The predicted molar refractivity (Wildman–Crippen MR) is 50.1 cm³/mol. The van der Waals surface area contributed by atoms with E-state index in [9.17, 15) is 4.79 Å². The van der Waals surface area contributed by atoms with Crippen LogP contribution in [0.4, 0.5) is 0 Å². The molecular weight excluding hydrogens is 166 g/mol. The van der Waals surface area contributed by atoms with Crippen molar-refractivity contribution in [3.63, 3.8) is 0 Å². The maximum absolute atomic E-state index is 11.1. The molecule has 2 N–H and O–H groups in total. The average molecular weight is 181 g/mol. The van der Waals surface area contributed by atoms with E-state index in [2.05, 4.69) is 5.10 Å². The van der Waals surface area contributed by atoms with Gasteiger partial charge < -0.3 is 5.73 Å². The molecule has 0 saturated heterocycles. The van der Waals surface area contributed by atoms with Crippen molar-refractivity contribution in [2.45, 2.75) is 13.3 Å². The van der Waals surface area contributed by atoms with Crippen LogP contribution in [0.3, 0.4) is 0 Å². The number of carbonyl (C=O) groups excluding carboxylic acids is 1. The van der Waals surface area contributed by atoms with Crippen LogP contribution in [0.1, 0.15) is 12.5 Å². The van der Waals surface area contributed by atoms with E-state index in [1.54, 1.807) is 17.8 Å². The Balaban J connectivity index is 2.61. The lowest BCUT2D eigenvalue weighted by molar-refractivity contribution is -0.120. The van der Waals surface area contributed by atoms with E-state index < -0.39 is 0 Å². The van der Waals surface area contributed by atoms with Crippen LogP contribution in [0.15, 0.2) is 12.4 Å². The highest BCUT2D eigenvalue weighted by Crippen LogP contribution is 2.07. The van der Waals surface area contributed by atoms with Gasteiger partial charge in [0.2, 0.25) is 0 Å². The Hall–Kier alpha value is -1.16. The van der Waals surface area contributed by atoms with E-state index in [-0.39, 0.29) is 11.7 Å². The van der Waals surface area contributed by atoms with E-state index in [4.69, 9.17) is 5.73 Å². The summed E-state index contributed by atoms with van der Waals surface area (Å²) < 4.78 is 1.73. The van der Waals surface area contributed by atoms with E-state index in [1.165, 1.54) is 0 Å². The van der Waals surface area contributed by atoms with Crippen molar-refractivity contribution < 1.29 is 4.79 Å². The molecule has 1 heterocycles. The molecule has 0 saturated carbocycles. The normalized spacial score (nSPS) is 12.8. The molecule has 1 atom stereocenters. The number of hydrogen-bond acceptors (Lipinski definition) is 3. The van der Waals surface area contributed by atoms with E-state index in [1.807, 2.05) is 13.2 Å². The summed E-state index contributed by atoms with van der Waals surface area (Å²) in [5.41, 5.74) is 6.54. The number of nitrogens with zero attached hydrogens (tertiary/aromatic N) is 2. The largest absolute Gasteiger partial charge is 0.330 e. The van der Waals surface area contributed by atoms with Gasteiger partial charge in [-0.05, 0) is 18.9 Å². The number of nitrogens with two attached hydrogens (primary N) is 1. The molecule has 0 aliphatic heterocycles. The van der Waals surface area contributed by atoms with Gasteiger partial charge in [0.1, 0.15) is 5.78 Å². The summed E-state index contributed by atoms with van der Waals surface area (Å²) in [6, 6.07) is 0. The summed E-state index contributed by atoms with van der Waals surface area (Å²) in [5, 5.41) is 4.03. The lowest BCUT2D eigenvalue weighted by Crippen LogP contribution is -2.23. The van der Waals surface area contributed by atoms with Crippen LogP contribution in [0.2, 0.25) is 0 Å². The number of ketones is 1. The van der Waals surface area contributed by atoms with Gasteiger partial charge >= 0.3 is 0 Å². The first-order valence-electron chi connectivity index (χ1n) is 4.31. The van der Waals surface area contributed by atoms with Gasteiger partial charge in [-0.15, -0.1) is 0 Å². The van der Waals surface area contributed by atoms with Crippen LogP contribution in [-0.4, -0.2) is 22.1 Å². The fraction of sp³-hybridized carbons (Fsp3) is 0.556. The third-order valence-electron chi connectivity index (χ3n) is 2.10. The molecule has 1 rings (SSSR count). The van der Waals surface area contributed by atoms with E-state index >= 15 is 0 Å². The fourth-order valence-corrected chi connectivity index (χ4v) is 1.25. The van der Waals surface area contributed by atoms with E-state index in [0.717, 1.165) is 5.56 Å². The third kappa shape index (κ3) is 2.66. The molecule has 0 aliphatic rings. The Kier molecular flexibility index (Phi) is 3.19. The molecule has 0 fully saturated rings. The Bertz CT molecular complexity index is 293. The quantitative estimate of drug-likeness (QED) is 0.718. The van der Waals surface area contributed by atoms with Crippen LogP contribution >= 0.6 is 0 Å². The third-order valence-corrected chi connectivity index (χ3v) is 2.10. The molecule has 0 aromatic carbocycles. The molecule has 13 heavy (non-hydrogen) atoms. The second kappa shape index (κ2) is 4.18. The van der Waals surface area contributed by atoms with Gasteiger partial charge in [-0.2, -0.15) is 5.10 Å². The minimum absolute atomic E-state index is 0.0656. The molecule has 0 aliphatic carbocycles. The van der Waals surface area contributed by atoms with Crippen LogP contribution in [-0.2, 0) is 18.3 Å². The van der Waals surface area contributed by atoms with Crippen LogP contribution in [0.25, 0.3) is 0 Å². The number of hydrogen-bond donors (Lipinski definition) is 1. The molecule has 0 radical (unpaired) electrons. The van der Waals surface area contributed by atoms with Crippen LogP contribution in [0.5, 0.6) is 0 Å². The second-order valence-corrected chi connectivity index (χ2v) is 3.27. The van der Waals surface area contributed by atoms with Gasteiger partial charge in [-0.1, -0.05) is 0 Å². The van der Waals surface area contributed by atoms with E-state index in [0.29, 0.717) is 13.0 Å². The molecule has 4 nitrogen and oxygen atoms in total. The number of Topliss-reactive ketones (excluding diaryl/α,β-unsaturated/α-hetero) is 1. The van der Waals surface area contributed by atoms with Gasteiger partial charge in [-0.3, -0.25) is 9.48 Å². The van der Waals surface area contributed by atoms with Crippen molar-refractivity contribution in [3.05, 3.63) is 18.0 Å². The van der Waals surface area contributed by atoms with Crippen molar-refractivity contribution >= 4 is 5.78 Å². The lowest BCUT2D eigenvalue weighted by Gasteiger charge is -2.08. The average Bonchev–Trinajstić information content (AvgIpc) is 2.46. The van der Waals surface area contributed by atoms with Gasteiger partial charge in [0.25, 0.3) is 0 Å². The van der Waals surface area contributed by atoms with Gasteiger partial charge in [-0.25, -0.2) is 0 Å². The molecule has 1 aromatic rings. The Morgan fingerprint density at radius 1 is 1.77 bits per heavy atom. The fourth-order valence-electron chi connectivity index (χ4n) is 1.25. The minimum atomic E-state index is -0.0656. The van der Waals surface area contributed by atoms with Crippen molar-refractivity contribution in [2.24, 2.45) is 18.7 Å². The first-order valence-corrected chi connectivity index (χ1v) is 4.31. The molecule has 72 valence electrons. The molecule has 4 heteroatoms. The number of aryl methyl sites for hydroxylation is 1. The van der Waals surface area contributed by atoms with Crippen molar-refractivity contribution in [1.29, 1.82) is 0 Å². The smallest absolute Gasteiger partial charge is 0.134 e. The molecule has 0 amide bonds. The molecular formula is C9H15N3O. The summed E-state index contributed by atoms with van der Waals surface area (Å²) in [5.74, 6) is 0.0792. The van der Waals surface area contributed by atoms with Gasteiger partial charge in [0.15, 0.2) is 0 Å². The highest BCUT2D eigenvalue weighted by Gasteiger charge is 2.13. The minimum Gasteiger partial charge on any atom is -0.330 e. The van der Waals surface area contributed by atoms with Crippen molar-refractivity contribution in [2.75, 3.05) is 6.54 Å². The van der Waals surface area contributed by atoms with Crippen molar-refractivity contribution in [1.82, 2.24) is 9.78 Å². The standard InChI is InChI=1S/C9H15N3O/c1-7(13)9(4-10)3-8-5-11-12(2)6-8/h5-6,9H,3-4,10H2,1-2H3/t9-/m1/s1. The Labute approximate surface area is 77.7 Å². The molecule has 0 bridgehead atoms. The van der Waals surface area contributed by atoms with Crippen LogP contribution in [0, 0.1) is 5.92 Å². The monoisotopic (exact) mass is 181 g/mol. The zero-order chi connectivity index (χ0) is 9.84. The Morgan fingerprint density at radius 3 is 2.85 bits per heavy atom. The van der Waals surface area contributed by atoms with Crippen LogP contribution < -0.4 is 5.73 Å². The summed E-state index contributed by atoms with van der Waals surface area (Å²) in [7, 11) is 1.86. The van der Waals surface area contributed by atoms with Gasteiger partial charge in [0.05, 0.1) is 6.20 Å². The molecule has 0 unspecified atom stereocenters. The maximum atomic E-state index is 11.1. The predicted octanol–water partition coefficient (Wildman–Crippen LogP) is 0.126. The first-order chi connectivity index (χ1) is 6.13. The maximum Gasteiger partial charge on any atom is 0.134 e. The summed E-state index contributed by atoms with van der Waals surface area (Å²) in [4.78, 5) is 11.1. The first kappa shape index (κ1) is 9.92. The summed E-state index contributed by atoms with van der Waals surface area (Å²) in [6.45, 7) is 1.98. The number of carbonyl (C=O) groups is 1. The summed E-state index contributed by atoms with van der Waals surface area (Å²) >= 11 is 0. The number of aromatic nitrogens is 2. The SMILES string of the molecule is CC(=O)[C@@H](CN)Cc1cnn(C)c1. The highest BCUT2D eigenvalue weighted by atomic mass is 16.1.